The van der Waals surface area contributed by atoms with E-state index in [9.17, 15) is 4.79 Å². The van der Waals surface area contributed by atoms with Crippen LogP contribution in [0.5, 0.6) is 0 Å². The lowest BCUT2D eigenvalue weighted by Crippen LogP contribution is -2.34. The standard InChI is InChI=1S/C14H19N3O/c1-3-15-9-14(18)17(2)10-11-8-16-13-7-5-4-6-12(11)13/h4-8,15-16H,3,9-10H2,1-2H3. The van der Waals surface area contributed by atoms with Crippen molar-refractivity contribution in [3.05, 3.63) is 36.0 Å². The number of H-pyrrole nitrogens is 1. The van der Waals surface area contributed by atoms with E-state index in [1.807, 2.05) is 38.4 Å². The fraction of sp³-hybridized carbons (Fsp3) is 0.357. The Morgan fingerprint density at radius 2 is 2.17 bits per heavy atom. The van der Waals surface area contributed by atoms with E-state index in [1.165, 1.54) is 5.39 Å². The van der Waals surface area contributed by atoms with Crippen LogP contribution in [-0.4, -0.2) is 35.9 Å². The van der Waals surface area contributed by atoms with Crippen molar-refractivity contribution in [2.45, 2.75) is 13.5 Å². The molecular formula is C14H19N3O. The normalized spacial score (nSPS) is 10.8. The molecule has 0 radical (unpaired) electrons. The first kappa shape index (κ1) is 12.6. The zero-order chi connectivity index (χ0) is 13.0. The van der Waals surface area contributed by atoms with E-state index in [0.717, 1.165) is 17.6 Å². The fourth-order valence-electron chi connectivity index (χ4n) is 1.97. The van der Waals surface area contributed by atoms with Gasteiger partial charge in [-0.2, -0.15) is 0 Å². The lowest BCUT2D eigenvalue weighted by Gasteiger charge is -2.16. The Morgan fingerprint density at radius 1 is 1.39 bits per heavy atom. The Bertz CT molecular complexity index is 533. The molecule has 1 aromatic carbocycles. The molecule has 0 fully saturated rings. The molecule has 18 heavy (non-hydrogen) atoms. The van der Waals surface area contributed by atoms with Gasteiger partial charge in [-0.25, -0.2) is 0 Å². The third-order valence-corrected chi connectivity index (χ3v) is 3.03. The zero-order valence-corrected chi connectivity index (χ0v) is 10.9. The van der Waals surface area contributed by atoms with Crippen molar-refractivity contribution in [3.8, 4) is 0 Å². The summed E-state index contributed by atoms with van der Waals surface area (Å²) in [6.07, 6.45) is 1.97. The van der Waals surface area contributed by atoms with Crippen molar-refractivity contribution in [3.63, 3.8) is 0 Å². The molecule has 0 atom stereocenters. The summed E-state index contributed by atoms with van der Waals surface area (Å²) in [7, 11) is 1.83. The molecule has 1 aromatic heterocycles. The summed E-state index contributed by atoms with van der Waals surface area (Å²) < 4.78 is 0. The summed E-state index contributed by atoms with van der Waals surface area (Å²) in [5.41, 5.74) is 2.26. The predicted molar refractivity (Wildman–Crippen MR) is 73.3 cm³/mol. The number of para-hydroxylation sites is 1. The molecule has 2 N–H and O–H groups in total. The van der Waals surface area contributed by atoms with Crippen molar-refractivity contribution >= 4 is 16.8 Å². The number of amides is 1. The molecule has 4 heteroatoms. The number of likely N-dealkylation sites (N-methyl/N-ethyl adjacent to an activating group) is 2. The Morgan fingerprint density at radius 3 is 2.94 bits per heavy atom. The molecule has 0 aliphatic carbocycles. The van der Waals surface area contributed by atoms with Gasteiger partial charge in [-0.1, -0.05) is 25.1 Å². The van der Waals surface area contributed by atoms with Gasteiger partial charge in [0.2, 0.25) is 5.91 Å². The van der Waals surface area contributed by atoms with Crippen LogP contribution in [0.2, 0.25) is 0 Å². The van der Waals surface area contributed by atoms with Gasteiger partial charge >= 0.3 is 0 Å². The van der Waals surface area contributed by atoms with Crippen LogP contribution in [0.15, 0.2) is 30.5 Å². The maximum atomic E-state index is 11.8. The summed E-state index contributed by atoms with van der Waals surface area (Å²) in [6, 6.07) is 8.13. The Kier molecular flexibility index (Phi) is 3.99. The van der Waals surface area contributed by atoms with E-state index in [2.05, 4.69) is 16.4 Å². The number of nitrogens with one attached hydrogen (secondary N) is 2. The van der Waals surface area contributed by atoms with Gasteiger partial charge in [0, 0.05) is 30.7 Å². The smallest absolute Gasteiger partial charge is 0.236 e. The summed E-state index contributed by atoms with van der Waals surface area (Å²) in [5.74, 6) is 0.113. The van der Waals surface area contributed by atoms with Crippen LogP contribution in [0.25, 0.3) is 10.9 Å². The maximum Gasteiger partial charge on any atom is 0.236 e. The van der Waals surface area contributed by atoms with Gasteiger partial charge in [0.05, 0.1) is 6.54 Å². The van der Waals surface area contributed by atoms with E-state index < -0.39 is 0 Å². The second-order valence-electron chi connectivity index (χ2n) is 4.39. The summed E-state index contributed by atoms with van der Waals surface area (Å²) in [5, 5.41) is 4.23. The van der Waals surface area contributed by atoms with Crippen molar-refractivity contribution in [1.82, 2.24) is 15.2 Å². The van der Waals surface area contributed by atoms with Crippen LogP contribution in [0.3, 0.4) is 0 Å². The first-order valence-corrected chi connectivity index (χ1v) is 6.22. The first-order valence-electron chi connectivity index (χ1n) is 6.22. The number of hydrogen-bond acceptors (Lipinski definition) is 2. The fourth-order valence-corrected chi connectivity index (χ4v) is 1.97. The van der Waals surface area contributed by atoms with Gasteiger partial charge < -0.3 is 15.2 Å². The molecule has 0 unspecified atom stereocenters. The quantitative estimate of drug-likeness (QED) is 0.843. The van der Waals surface area contributed by atoms with Gasteiger partial charge in [0.1, 0.15) is 0 Å². The summed E-state index contributed by atoms with van der Waals surface area (Å²) in [4.78, 5) is 16.8. The Hall–Kier alpha value is -1.81. The maximum absolute atomic E-state index is 11.8. The minimum Gasteiger partial charge on any atom is -0.361 e. The van der Waals surface area contributed by atoms with E-state index in [4.69, 9.17) is 0 Å². The van der Waals surface area contributed by atoms with Crippen LogP contribution in [-0.2, 0) is 11.3 Å². The van der Waals surface area contributed by atoms with Crippen molar-refractivity contribution in [2.75, 3.05) is 20.1 Å². The minimum atomic E-state index is 0.113. The number of benzene rings is 1. The number of carbonyl (C=O) groups excluding carboxylic acids is 1. The first-order chi connectivity index (χ1) is 8.72. The molecule has 0 saturated heterocycles. The molecule has 0 saturated carbocycles. The van der Waals surface area contributed by atoms with E-state index in [0.29, 0.717) is 13.1 Å². The van der Waals surface area contributed by atoms with Crippen LogP contribution >= 0.6 is 0 Å². The lowest BCUT2D eigenvalue weighted by atomic mass is 10.1. The molecule has 96 valence electrons. The van der Waals surface area contributed by atoms with Crippen molar-refractivity contribution in [2.24, 2.45) is 0 Å². The highest BCUT2D eigenvalue weighted by Gasteiger charge is 2.10. The molecular weight excluding hydrogens is 226 g/mol. The Labute approximate surface area is 107 Å². The van der Waals surface area contributed by atoms with Gasteiger partial charge in [-0.15, -0.1) is 0 Å². The number of nitrogens with zero attached hydrogens (tertiary/aromatic N) is 1. The highest BCUT2D eigenvalue weighted by Crippen LogP contribution is 2.18. The number of fused-ring (bicyclic) bond motifs is 1. The summed E-state index contributed by atoms with van der Waals surface area (Å²) >= 11 is 0. The average Bonchev–Trinajstić information content (AvgIpc) is 2.79. The monoisotopic (exact) mass is 245 g/mol. The van der Waals surface area contributed by atoms with E-state index in [-0.39, 0.29) is 5.91 Å². The number of rotatable bonds is 5. The van der Waals surface area contributed by atoms with Crippen LogP contribution in [0, 0.1) is 0 Å². The van der Waals surface area contributed by atoms with Gasteiger partial charge in [-0.05, 0) is 18.2 Å². The highest BCUT2D eigenvalue weighted by atomic mass is 16.2. The van der Waals surface area contributed by atoms with E-state index in [1.54, 1.807) is 4.90 Å². The molecule has 0 aliphatic rings. The molecule has 4 nitrogen and oxygen atoms in total. The topological polar surface area (TPSA) is 48.1 Å². The van der Waals surface area contributed by atoms with Gasteiger partial charge in [0.15, 0.2) is 0 Å². The molecule has 0 spiro atoms. The number of hydrogen-bond donors (Lipinski definition) is 2. The van der Waals surface area contributed by atoms with Crippen LogP contribution < -0.4 is 5.32 Å². The third-order valence-electron chi connectivity index (χ3n) is 3.03. The SMILES string of the molecule is CCNCC(=O)N(C)Cc1c[nH]c2ccccc12. The van der Waals surface area contributed by atoms with Crippen molar-refractivity contribution < 1.29 is 4.79 Å². The molecule has 2 aromatic rings. The van der Waals surface area contributed by atoms with Crippen molar-refractivity contribution in [1.29, 1.82) is 0 Å². The van der Waals surface area contributed by atoms with Gasteiger partial charge in [-0.3, -0.25) is 4.79 Å². The number of aromatic amines is 1. The van der Waals surface area contributed by atoms with Gasteiger partial charge in [0.25, 0.3) is 0 Å². The molecule has 2 rings (SSSR count). The summed E-state index contributed by atoms with van der Waals surface area (Å²) in [6.45, 7) is 3.84. The second-order valence-corrected chi connectivity index (χ2v) is 4.39. The molecule has 1 heterocycles. The van der Waals surface area contributed by atoms with E-state index >= 15 is 0 Å². The second kappa shape index (κ2) is 5.69. The lowest BCUT2D eigenvalue weighted by molar-refractivity contribution is -0.129. The highest BCUT2D eigenvalue weighted by molar-refractivity contribution is 5.84. The third kappa shape index (κ3) is 2.71. The predicted octanol–water partition coefficient (Wildman–Crippen LogP) is 1.74. The van der Waals surface area contributed by atoms with Crippen LogP contribution in [0.1, 0.15) is 12.5 Å². The Balaban J connectivity index is 2.07. The molecule has 0 aliphatic heterocycles. The minimum absolute atomic E-state index is 0.113. The number of carbonyl (C=O) groups is 1. The van der Waals surface area contributed by atoms with Crippen LogP contribution in [0.4, 0.5) is 0 Å². The molecule has 1 amide bonds. The molecule has 0 bridgehead atoms. The average molecular weight is 245 g/mol. The number of aromatic nitrogens is 1. The zero-order valence-electron chi connectivity index (χ0n) is 10.9. The largest absolute Gasteiger partial charge is 0.361 e.